The van der Waals surface area contributed by atoms with E-state index in [1.165, 1.54) is 10.9 Å². The van der Waals surface area contributed by atoms with Gasteiger partial charge in [-0.05, 0) is 24.3 Å². The predicted molar refractivity (Wildman–Crippen MR) is 101 cm³/mol. The van der Waals surface area contributed by atoms with Crippen LogP contribution < -0.4 is 16.8 Å². The molecule has 152 valence electrons. The van der Waals surface area contributed by atoms with Crippen molar-refractivity contribution in [2.24, 2.45) is 5.73 Å². The van der Waals surface area contributed by atoms with E-state index in [4.69, 9.17) is 16.2 Å². The molecule has 0 radical (unpaired) electrons. The summed E-state index contributed by atoms with van der Waals surface area (Å²) in [5, 5.41) is 32.5. The summed E-state index contributed by atoms with van der Waals surface area (Å²) in [6.45, 7) is -0.452. The number of primary amides is 1. The minimum absolute atomic E-state index is 0.0942. The van der Waals surface area contributed by atoms with Crippen LogP contribution >= 0.6 is 0 Å². The number of rotatable bonds is 5. The number of aromatic nitrogens is 4. The Morgan fingerprint density at radius 1 is 1.21 bits per heavy atom. The lowest BCUT2D eigenvalue weighted by Gasteiger charge is -2.16. The smallest absolute Gasteiger partial charge is 0.248 e. The SMILES string of the molecule is NC(=O)c1ccc(Nc2nc(N)c3ncn([C@@H]4O[C@H](CO)[C@@H](O)[C@H]4O)c3n2)cc1. The number of imidazole rings is 1. The van der Waals surface area contributed by atoms with E-state index in [9.17, 15) is 20.1 Å². The van der Waals surface area contributed by atoms with Gasteiger partial charge in [-0.3, -0.25) is 9.36 Å². The molecule has 0 aliphatic carbocycles. The van der Waals surface area contributed by atoms with Crippen molar-refractivity contribution in [2.75, 3.05) is 17.7 Å². The number of nitrogen functional groups attached to an aromatic ring is 1. The second kappa shape index (κ2) is 7.25. The number of fused-ring (bicyclic) bond motifs is 1. The van der Waals surface area contributed by atoms with Gasteiger partial charge in [-0.2, -0.15) is 9.97 Å². The van der Waals surface area contributed by atoms with Crippen LogP contribution in [0.4, 0.5) is 17.5 Å². The zero-order valence-corrected chi connectivity index (χ0v) is 15.0. The molecule has 2 aromatic heterocycles. The van der Waals surface area contributed by atoms with Crippen LogP contribution in [-0.2, 0) is 4.74 Å². The van der Waals surface area contributed by atoms with Crippen molar-refractivity contribution in [3.05, 3.63) is 36.2 Å². The van der Waals surface area contributed by atoms with Gasteiger partial charge in [0.2, 0.25) is 11.9 Å². The summed E-state index contributed by atoms with van der Waals surface area (Å²) in [4.78, 5) is 23.9. The summed E-state index contributed by atoms with van der Waals surface area (Å²) >= 11 is 0. The fraction of sp³-hybridized carbons (Fsp3) is 0.294. The first-order chi connectivity index (χ1) is 13.9. The molecule has 12 nitrogen and oxygen atoms in total. The van der Waals surface area contributed by atoms with Crippen LogP contribution in [0.2, 0.25) is 0 Å². The zero-order valence-electron chi connectivity index (χ0n) is 15.0. The molecular weight excluding hydrogens is 382 g/mol. The molecule has 1 amide bonds. The number of nitrogens with zero attached hydrogens (tertiary/aromatic N) is 4. The van der Waals surface area contributed by atoms with Crippen molar-refractivity contribution in [3.8, 4) is 0 Å². The van der Waals surface area contributed by atoms with E-state index in [0.717, 1.165) is 0 Å². The fourth-order valence-electron chi connectivity index (χ4n) is 3.14. The van der Waals surface area contributed by atoms with E-state index < -0.39 is 37.1 Å². The number of nitrogens with one attached hydrogen (secondary N) is 1. The summed E-state index contributed by atoms with van der Waals surface area (Å²) in [6.07, 6.45) is -3.14. The van der Waals surface area contributed by atoms with Crippen LogP contribution in [0.1, 0.15) is 16.6 Å². The highest BCUT2D eigenvalue weighted by molar-refractivity contribution is 5.93. The Morgan fingerprint density at radius 3 is 2.55 bits per heavy atom. The predicted octanol–water partition coefficient (Wildman–Crippen LogP) is -1.14. The Kier molecular flexibility index (Phi) is 4.76. The molecular formula is C17H19N7O5. The van der Waals surface area contributed by atoms with Crippen molar-refractivity contribution < 1.29 is 24.9 Å². The second-order valence-corrected chi connectivity index (χ2v) is 6.55. The molecule has 4 rings (SSSR count). The van der Waals surface area contributed by atoms with Crippen LogP contribution in [0.25, 0.3) is 11.2 Å². The maximum absolute atomic E-state index is 11.2. The van der Waals surface area contributed by atoms with Gasteiger partial charge in [0, 0.05) is 11.3 Å². The Morgan fingerprint density at radius 2 is 1.93 bits per heavy atom. The molecule has 0 spiro atoms. The van der Waals surface area contributed by atoms with Crippen molar-refractivity contribution >= 4 is 34.5 Å². The largest absolute Gasteiger partial charge is 0.394 e. The summed E-state index contributed by atoms with van der Waals surface area (Å²) in [5.41, 5.74) is 12.7. The molecule has 1 fully saturated rings. The number of aliphatic hydroxyl groups excluding tert-OH is 3. The number of ether oxygens (including phenoxy) is 1. The summed E-state index contributed by atoms with van der Waals surface area (Å²) in [5.74, 6) is -0.298. The summed E-state index contributed by atoms with van der Waals surface area (Å²) in [6, 6.07) is 6.37. The number of carbonyl (C=O) groups excluding carboxylic acids is 1. The first kappa shape index (κ1) is 19.0. The zero-order chi connectivity index (χ0) is 20.7. The molecule has 3 heterocycles. The van der Waals surface area contributed by atoms with Gasteiger partial charge in [0.25, 0.3) is 0 Å². The van der Waals surface area contributed by atoms with Gasteiger partial charge in [-0.1, -0.05) is 0 Å². The van der Waals surface area contributed by atoms with Gasteiger partial charge in [-0.15, -0.1) is 0 Å². The van der Waals surface area contributed by atoms with Crippen molar-refractivity contribution in [1.29, 1.82) is 0 Å². The van der Waals surface area contributed by atoms with E-state index in [1.807, 2.05) is 0 Å². The van der Waals surface area contributed by atoms with E-state index in [1.54, 1.807) is 24.3 Å². The molecule has 8 N–H and O–H groups in total. The highest BCUT2D eigenvalue weighted by atomic mass is 16.6. The quantitative estimate of drug-likeness (QED) is 0.304. The topological polar surface area (TPSA) is 195 Å². The molecule has 12 heteroatoms. The minimum atomic E-state index is -1.29. The Balaban J connectivity index is 1.67. The van der Waals surface area contributed by atoms with Crippen molar-refractivity contribution in [2.45, 2.75) is 24.5 Å². The molecule has 1 aliphatic heterocycles. The number of benzene rings is 1. The lowest BCUT2D eigenvalue weighted by molar-refractivity contribution is -0.0511. The summed E-state index contributed by atoms with van der Waals surface area (Å²) < 4.78 is 6.94. The van der Waals surface area contributed by atoms with Gasteiger partial charge in [0.15, 0.2) is 17.7 Å². The Hall–Kier alpha value is -3.32. The molecule has 0 unspecified atom stereocenters. The third kappa shape index (κ3) is 3.34. The van der Waals surface area contributed by atoms with Crippen LogP contribution in [-0.4, -0.2) is 65.7 Å². The number of nitrogens with two attached hydrogens (primary N) is 2. The first-order valence-corrected chi connectivity index (χ1v) is 8.68. The Labute approximate surface area is 163 Å². The van der Waals surface area contributed by atoms with Gasteiger partial charge in [0.1, 0.15) is 23.8 Å². The Bertz CT molecular complexity index is 1050. The van der Waals surface area contributed by atoms with Crippen LogP contribution in [0, 0.1) is 0 Å². The van der Waals surface area contributed by atoms with Crippen LogP contribution in [0.15, 0.2) is 30.6 Å². The number of hydrogen-bond acceptors (Lipinski definition) is 10. The maximum atomic E-state index is 11.2. The molecule has 3 aromatic rings. The standard InChI is InChI=1S/C17H19N7O5/c18-13-10-15(24(6-20-10)16-12(27)11(26)9(5-25)29-16)23-17(22-13)21-8-3-1-7(2-4-8)14(19)28/h1-4,6,9,11-12,16,25-27H,5H2,(H2,19,28)(H3,18,21,22,23)/t9-,11-,12-,16-/m1/s1. The molecule has 1 saturated heterocycles. The number of hydrogen-bond donors (Lipinski definition) is 6. The highest BCUT2D eigenvalue weighted by Crippen LogP contribution is 2.32. The van der Waals surface area contributed by atoms with Gasteiger partial charge >= 0.3 is 0 Å². The van der Waals surface area contributed by atoms with Crippen molar-refractivity contribution in [3.63, 3.8) is 0 Å². The number of aliphatic hydroxyl groups is 3. The summed E-state index contributed by atoms with van der Waals surface area (Å²) in [7, 11) is 0. The van der Waals surface area contributed by atoms with E-state index in [2.05, 4.69) is 20.3 Å². The monoisotopic (exact) mass is 401 g/mol. The van der Waals surface area contributed by atoms with Gasteiger partial charge in [-0.25, -0.2) is 4.98 Å². The number of anilines is 3. The van der Waals surface area contributed by atoms with Crippen LogP contribution in [0.5, 0.6) is 0 Å². The third-order valence-corrected chi connectivity index (χ3v) is 4.67. The third-order valence-electron chi connectivity index (χ3n) is 4.67. The lowest BCUT2D eigenvalue weighted by Crippen LogP contribution is -2.33. The molecule has 1 aromatic carbocycles. The van der Waals surface area contributed by atoms with E-state index in [0.29, 0.717) is 11.3 Å². The number of carbonyl (C=O) groups is 1. The maximum Gasteiger partial charge on any atom is 0.248 e. The highest BCUT2D eigenvalue weighted by Gasteiger charge is 2.44. The van der Waals surface area contributed by atoms with Gasteiger partial charge < -0.3 is 36.8 Å². The van der Waals surface area contributed by atoms with E-state index in [-0.39, 0.29) is 22.9 Å². The minimum Gasteiger partial charge on any atom is -0.394 e. The number of amides is 1. The fourth-order valence-corrected chi connectivity index (χ4v) is 3.14. The average Bonchev–Trinajstić information content (AvgIpc) is 3.24. The molecule has 0 saturated carbocycles. The lowest BCUT2D eigenvalue weighted by atomic mass is 10.1. The molecule has 29 heavy (non-hydrogen) atoms. The normalized spacial score (nSPS) is 24.1. The second-order valence-electron chi connectivity index (χ2n) is 6.55. The average molecular weight is 401 g/mol. The van der Waals surface area contributed by atoms with E-state index >= 15 is 0 Å². The van der Waals surface area contributed by atoms with Crippen molar-refractivity contribution in [1.82, 2.24) is 19.5 Å². The molecule has 0 bridgehead atoms. The first-order valence-electron chi connectivity index (χ1n) is 8.68. The molecule has 4 atom stereocenters. The van der Waals surface area contributed by atoms with Gasteiger partial charge in [0.05, 0.1) is 12.9 Å². The van der Waals surface area contributed by atoms with Crippen LogP contribution in [0.3, 0.4) is 0 Å². The molecule has 1 aliphatic rings.